The standard InChI is InChI=1S/C25H22BrN5OS/c1-27-16-9-10-21-20(14-16)29-24(19-8-3-4-13-28-19)31(21)18-7-5-6-17(15-18)30(2)25(32)22-11-12-23(26)33-22/h3-4,8-14,17-18H,5-7,15H2,2H3. The molecular weight excluding hydrogens is 498 g/mol. The lowest BCUT2D eigenvalue weighted by molar-refractivity contribution is 0.0676. The van der Waals surface area contributed by atoms with Gasteiger partial charge in [-0.05, 0) is 78.0 Å². The number of rotatable bonds is 4. The van der Waals surface area contributed by atoms with E-state index in [1.165, 1.54) is 11.3 Å². The third-order valence-electron chi connectivity index (χ3n) is 6.33. The Balaban J connectivity index is 1.51. The number of benzene rings is 1. The zero-order valence-corrected chi connectivity index (χ0v) is 20.5. The molecule has 4 aromatic rings. The van der Waals surface area contributed by atoms with Crippen molar-refractivity contribution >= 4 is 49.9 Å². The van der Waals surface area contributed by atoms with E-state index in [9.17, 15) is 4.79 Å². The Morgan fingerprint density at radius 2 is 2.12 bits per heavy atom. The number of fused-ring (bicyclic) bond motifs is 1. The van der Waals surface area contributed by atoms with E-state index >= 15 is 0 Å². The molecule has 0 saturated heterocycles. The summed E-state index contributed by atoms with van der Waals surface area (Å²) in [7, 11) is 1.91. The molecular formula is C25H22BrN5OS. The van der Waals surface area contributed by atoms with Crippen LogP contribution >= 0.6 is 27.3 Å². The lowest BCUT2D eigenvalue weighted by Crippen LogP contribution is -2.40. The summed E-state index contributed by atoms with van der Waals surface area (Å²) in [5.41, 5.74) is 3.20. The van der Waals surface area contributed by atoms with Gasteiger partial charge in [-0.1, -0.05) is 12.1 Å². The van der Waals surface area contributed by atoms with Crippen molar-refractivity contribution in [2.24, 2.45) is 0 Å². The maximum Gasteiger partial charge on any atom is 0.263 e. The van der Waals surface area contributed by atoms with Gasteiger partial charge in [0.05, 0.1) is 26.3 Å². The lowest BCUT2D eigenvalue weighted by atomic mass is 9.89. The lowest BCUT2D eigenvalue weighted by Gasteiger charge is -2.36. The topological polar surface area (TPSA) is 55.4 Å². The van der Waals surface area contributed by atoms with Gasteiger partial charge in [0.25, 0.3) is 5.91 Å². The van der Waals surface area contributed by atoms with Gasteiger partial charge in [-0.3, -0.25) is 9.78 Å². The first-order valence-corrected chi connectivity index (χ1v) is 12.5. The Hall–Kier alpha value is -3.02. The van der Waals surface area contributed by atoms with Crippen LogP contribution < -0.4 is 0 Å². The highest BCUT2D eigenvalue weighted by Crippen LogP contribution is 2.38. The van der Waals surface area contributed by atoms with Gasteiger partial charge in [0.15, 0.2) is 11.5 Å². The summed E-state index contributed by atoms with van der Waals surface area (Å²) in [5, 5.41) is 0. The van der Waals surface area contributed by atoms with Crippen LogP contribution in [0.5, 0.6) is 0 Å². The molecule has 0 aliphatic heterocycles. The SMILES string of the molecule is [C-]#[N+]c1ccc2c(c1)nc(-c1ccccn1)n2C1CCCC(N(C)C(=O)c2ccc(Br)s2)C1. The molecule has 6 nitrogen and oxygen atoms in total. The zero-order chi connectivity index (χ0) is 22.9. The number of halogens is 1. The molecule has 1 aromatic carbocycles. The van der Waals surface area contributed by atoms with Crippen LogP contribution in [-0.2, 0) is 0 Å². The number of carbonyl (C=O) groups excluding carboxylic acids is 1. The summed E-state index contributed by atoms with van der Waals surface area (Å²) in [4.78, 5) is 28.8. The molecule has 1 aliphatic carbocycles. The number of pyridine rings is 1. The van der Waals surface area contributed by atoms with Crippen molar-refractivity contribution < 1.29 is 4.79 Å². The Kier molecular flexibility index (Phi) is 6.00. The van der Waals surface area contributed by atoms with Crippen LogP contribution in [0.15, 0.2) is 58.5 Å². The minimum Gasteiger partial charge on any atom is -0.338 e. The van der Waals surface area contributed by atoms with Crippen LogP contribution in [0.25, 0.3) is 27.4 Å². The molecule has 8 heteroatoms. The summed E-state index contributed by atoms with van der Waals surface area (Å²) in [6.07, 6.45) is 5.66. The number of nitrogens with zero attached hydrogens (tertiary/aromatic N) is 5. The number of imidazole rings is 1. The second-order valence-corrected chi connectivity index (χ2v) is 10.8. The van der Waals surface area contributed by atoms with E-state index in [4.69, 9.17) is 11.6 Å². The maximum absolute atomic E-state index is 13.1. The van der Waals surface area contributed by atoms with Crippen LogP contribution in [0.3, 0.4) is 0 Å². The van der Waals surface area contributed by atoms with E-state index in [1.807, 2.05) is 60.5 Å². The molecule has 5 rings (SSSR count). The molecule has 0 spiro atoms. The van der Waals surface area contributed by atoms with Crippen molar-refractivity contribution in [2.75, 3.05) is 7.05 Å². The smallest absolute Gasteiger partial charge is 0.263 e. The van der Waals surface area contributed by atoms with Crippen molar-refractivity contribution in [1.82, 2.24) is 19.4 Å². The van der Waals surface area contributed by atoms with Gasteiger partial charge in [-0.15, -0.1) is 11.3 Å². The summed E-state index contributed by atoms with van der Waals surface area (Å²) in [6.45, 7) is 7.36. The fourth-order valence-corrected chi connectivity index (χ4v) is 6.06. The number of hydrogen-bond donors (Lipinski definition) is 0. The van der Waals surface area contributed by atoms with E-state index in [2.05, 4.69) is 30.3 Å². The molecule has 2 atom stereocenters. The highest BCUT2D eigenvalue weighted by Gasteiger charge is 2.31. The summed E-state index contributed by atoms with van der Waals surface area (Å²) in [6, 6.07) is 15.6. The fraction of sp³-hybridized carbons (Fsp3) is 0.280. The first kappa shape index (κ1) is 21.8. The second kappa shape index (κ2) is 9.08. The van der Waals surface area contributed by atoms with E-state index in [1.54, 1.807) is 6.20 Å². The average molecular weight is 520 g/mol. The molecule has 1 saturated carbocycles. The molecule has 0 radical (unpaired) electrons. The minimum atomic E-state index is 0.0680. The Bertz CT molecular complexity index is 1360. The van der Waals surface area contributed by atoms with Gasteiger partial charge in [0, 0.05) is 25.3 Å². The first-order chi connectivity index (χ1) is 16.0. The second-order valence-electron chi connectivity index (χ2n) is 8.30. The van der Waals surface area contributed by atoms with Crippen LogP contribution in [-0.4, -0.2) is 38.4 Å². The Morgan fingerprint density at radius 1 is 1.24 bits per heavy atom. The highest BCUT2D eigenvalue weighted by molar-refractivity contribution is 9.11. The number of hydrogen-bond acceptors (Lipinski definition) is 4. The highest BCUT2D eigenvalue weighted by atomic mass is 79.9. The Morgan fingerprint density at radius 3 is 2.85 bits per heavy atom. The summed E-state index contributed by atoms with van der Waals surface area (Å²) < 4.78 is 3.24. The molecule has 0 bridgehead atoms. The van der Waals surface area contributed by atoms with Crippen molar-refractivity contribution in [3.63, 3.8) is 0 Å². The quantitative estimate of drug-likeness (QED) is 0.281. The molecule has 2 unspecified atom stereocenters. The van der Waals surface area contributed by atoms with E-state index in [0.717, 1.165) is 56.9 Å². The predicted octanol–water partition coefficient (Wildman–Crippen LogP) is 6.73. The average Bonchev–Trinajstić information content (AvgIpc) is 3.47. The van der Waals surface area contributed by atoms with E-state index in [-0.39, 0.29) is 18.0 Å². The summed E-state index contributed by atoms with van der Waals surface area (Å²) in [5.74, 6) is 0.882. The molecule has 1 amide bonds. The van der Waals surface area contributed by atoms with Gasteiger partial charge in [-0.25, -0.2) is 9.83 Å². The van der Waals surface area contributed by atoms with E-state index < -0.39 is 0 Å². The van der Waals surface area contributed by atoms with Crippen molar-refractivity contribution in [2.45, 2.75) is 37.8 Å². The fourth-order valence-electron chi connectivity index (χ4n) is 4.70. The molecule has 3 heterocycles. The normalized spacial score (nSPS) is 18.2. The van der Waals surface area contributed by atoms with Crippen molar-refractivity contribution in [1.29, 1.82) is 0 Å². The van der Waals surface area contributed by atoms with E-state index in [0.29, 0.717) is 5.69 Å². The van der Waals surface area contributed by atoms with Crippen molar-refractivity contribution in [3.05, 3.63) is 74.8 Å². The van der Waals surface area contributed by atoms with Crippen LogP contribution in [0, 0.1) is 6.57 Å². The van der Waals surface area contributed by atoms with Crippen molar-refractivity contribution in [3.8, 4) is 11.5 Å². The van der Waals surface area contributed by atoms with Gasteiger partial charge < -0.3 is 9.47 Å². The van der Waals surface area contributed by atoms with Gasteiger partial charge >= 0.3 is 0 Å². The molecule has 1 aliphatic rings. The monoisotopic (exact) mass is 519 g/mol. The van der Waals surface area contributed by atoms with Gasteiger partial charge in [0.2, 0.25) is 0 Å². The number of thiophene rings is 1. The zero-order valence-electron chi connectivity index (χ0n) is 18.1. The first-order valence-electron chi connectivity index (χ1n) is 10.9. The predicted molar refractivity (Wildman–Crippen MR) is 135 cm³/mol. The van der Waals surface area contributed by atoms with Crippen LogP contribution in [0.2, 0.25) is 0 Å². The molecule has 1 fully saturated rings. The Labute approximate surface area is 204 Å². The van der Waals surface area contributed by atoms with Gasteiger partial charge in [-0.2, -0.15) is 0 Å². The van der Waals surface area contributed by atoms with Gasteiger partial charge in [0.1, 0.15) is 5.69 Å². The molecule has 0 N–H and O–H groups in total. The molecule has 33 heavy (non-hydrogen) atoms. The minimum absolute atomic E-state index is 0.0680. The maximum atomic E-state index is 13.1. The molecule has 166 valence electrons. The van der Waals surface area contributed by atoms with Crippen LogP contribution in [0.1, 0.15) is 41.4 Å². The van der Waals surface area contributed by atoms with Crippen LogP contribution in [0.4, 0.5) is 5.69 Å². The third kappa shape index (κ3) is 4.19. The largest absolute Gasteiger partial charge is 0.338 e. The third-order valence-corrected chi connectivity index (χ3v) is 7.94. The molecule has 3 aromatic heterocycles. The summed E-state index contributed by atoms with van der Waals surface area (Å²) >= 11 is 4.93. The number of aromatic nitrogens is 3. The number of carbonyl (C=O) groups is 1. The number of amides is 1.